The fourth-order valence-electron chi connectivity index (χ4n) is 3.40. The minimum Gasteiger partial charge on any atom is -0.310 e. The van der Waals surface area contributed by atoms with Crippen LogP contribution in [0.1, 0.15) is 67.2 Å². The van der Waals surface area contributed by atoms with E-state index in [0.29, 0.717) is 0 Å². The minimum atomic E-state index is 0.736. The molecule has 0 atom stereocenters. The number of hydrogen-bond donors (Lipinski definition) is 1. The summed E-state index contributed by atoms with van der Waals surface area (Å²) in [6.07, 6.45) is 9.85. The second kappa shape index (κ2) is 7.09. The lowest BCUT2D eigenvalue weighted by atomic mass is 9.95. The summed E-state index contributed by atoms with van der Waals surface area (Å²) < 4.78 is 0. The molecule has 0 heterocycles. The molecule has 106 valence electrons. The zero-order chi connectivity index (χ0) is 13.7. The van der Waals surface area contributed by atoms with E-state index in [-0.39, 0.29) is 0 Å². The lowest BCUT2D eigenvalue weighted by Gasteiger charge is -2.22. The van der Waals surface area contributed by atoms with Crippen molar-refractivity contribution in [1.82, 2.24) is 5.32 Å². The Morgan fingerprint density at radius 2 is 1.42 bits per heavy atom. The molecular weight excluding hydrogens is 230 g/mol. The summed E-state index contributed by atoms with van der Waals surface area (Å²) in [6, 6.07) is 5.35. The molecule has 1 heteroatoms. The molecule has 1 fully saturated rings. The molecule has 0 bridgehead atoms. The van der Waals surface area contributed by atoms with Gasteiger partial charge in [0, 0.05) is 12.6 Å². The van der Waals surface area contributed by atoms with Gasteiger partial charge in [-0.1, -0.05) is 49.8 Å². The van der Waals surface area contributed by atoms with E-state index in [4.69, 9.17) is 0 Å². The van der Waals surface area contributed by atoms with Crippen molar-refractivity contribution in [2.45, 2.75) is 78.3 Å². The maximum Gasteiger partial charge on any atom is 0.0213 e. The summed E-state index contributed by atoms with van der Waals surface area (Å²) >= 11 is 0. The molecule has 1 aliphatic carbocycles. The van der Waals surface area contributed by atoms with Gasteiger partial charge >= 0.3 is 0 Å². The van der Waals surface area contributed by atoms with Gasteiger partial charge in [-0.2, -0.15) is 0 Å². The molecule has 0 aliphatic heterocycles. The Labute approximate surface area is 118 Å². The third-order valence-electron chi connectivity index (χ3n) is 4.51. The number of nitrogens with one attached hydrogen (secondary N) is 1. The van der Waals surface area contributed by atoms with Crippen LogP contribution in [0.2, 0.25) is 0 Å². The van der Waals surface area contributed by atoms with Crippen LogP contribution in [-0.2, 0) is 6.54 Å². The summed E-state index contributed by atoms with van der Waals surface area (Å²) in [6.45, 7) is 7.72. The van der Waals surface area contributed by atoms with Crippen LogP contribution < -0.4 is 5.32 Å². The van der Waals surface area contributed by atoms with E-state index in [0.717, 1.165) is 12.6 Å². The third kappa shape index (κ3) is 4.35. The summed E-state index contributed by atoms with van der Waals surface area (Å²) in [4.78, 5) is 0. The molecule has 1 aliphatic rings. The first-order valence-corrected chi connectivity index (χ1v) is 7.97. The zero-order valence-electron chi connectivity index (χ0n) is 12.9. The summed E-state index contributed by atoms with van der Waals surface area (Å²) in [5.41, 5.74) is 5.77. The van der Waals surface area contributed by atoms with E-state index >= 15 is 0 Å². The van der Waals surface area contributed by atoms with Crippen molar-refractivity contribution in [2.24, 2.45) is 0 Å². The quantitative estimate of drug-likeness (QED) is 0.821. The van der Waals surface area contributed by atoms with Gasteiger partial charge in [0.05, 0.1) is 0 Å². The van der Waals surface area contributed by atoms with Crippen molar-refractivity contribution in [3.8, 4) is 0 Å². The molecule has 1 aromatic rings. The van der Waals surface area contributed by atoms with Crippen LogP contribution in [0.15, 0.2) is 12.1 Å². The molecule has 1 saturated carbocycles. The predicted molar refractivity (Wildman–Crippen MR) is 83.6 cm³/mol. The maximum absolute atomic E-state index is 3.81. The van der Waals surface area contributed by atoms with E-state index in [1.807, 2.05) is 0 Å². The molecule has 0 radical (unpaired) electrons. The van der Waals surface area contributed by atoms with Gasteiger partial charge in [-0.05, 0) is 50.3 Å². The Morgan fingerprint density at radius 1 is 0.895 bits per heavy atom. The predicted octanol–water partition coefficient (Wildman–Crippen LogP) is 4.81. The molecule has 1 aromatic carbocycles. The number of hydrogen-bond acceptors (Lipinski definition) is 1. The first-order chi connectivity index (χ1) is 9.16. The first kappa shape index (κ1) is 14.6. The van der Waals surface area contributed by atoms with Gasteiger partial charge in [0.15, 0.2) is 0 Å². The first-order valence-electron chi connectivity index (χ1n) is 7.97. The SMILES string of the molecule is Cc1cc(C)c(CNC2CCCCCCC2)c(C)c1. The Balaban J connectivity index is 1.94. The molecule has 1 N–H and O–H groups in total. The Bertz CT molecular complexity index is 377. The van der Waals surface area contributed by atoms with Crippen LogP contribution >= 0.6 is 0 Å². The highest BCUT2D eigenvalue weighted by atomic mass is 14.9. The van der Waals surface area contributed by atoms with Crippen LogP contribution in [0.3, 0.4) is 0 Å². The summed E-state index contributed by atoms with van der Waals surface area (Å²) in [5.74, 6) is 0. The molecule has 19 heavy (non-hydrogen) atoms. The van der Waals surface area contributed by atoms with Crippen LogP contribution in [-0.4, -0.2) is 6.04 Å². The number of benzene rings is 1. The largest absolute Gasteiger partial charge is 0.310 e. The van der Waals surface area contributed by atoms with Crippen molar-refractivity contribution in [2.75, 3.05) is 0 Å². The van der Waals surface area contributed by atoms with Crippen LogP contribution in [0.4, 0.5) is 0 Å². The molecule has 0 aromatic heterocycles. The van der Waals surface area contributed by atoms with Crippen molar-refractivity contribution in [3.05, 3.63) is 34.4 Å². The van der Waals surface area contributed by atoms with Gasteiger partial charge < -0.3 is 5.32 Å². The third-order valence-corrected chi connectivity index (χ3v) is 4.51. The van der Waals surface area contributed by atoms with Gasteiger partial charge in [-0.15, -0.1) is 0 Å². The molecule has 0 amide bonds. The van der Waals surface area contributed by atoms with Crippen LogP contribution in [0.25, 0.3) is 0 Å². The normalized spacial score (nSPS) is 18.1. The molecule has 1 nitrogen and oxygen atoms in total. The molecular formula is C18H29N. The van der Waals surface area contributed by atoms with E-state index in [1.165, 1.54) is 67.2 Å². The van der Waals surface area contributed by atoms with Gasteiger partial charge in [0.25, 0.3) is 0 Å². The van der Waals surface area contributed by atoms with E-state index in [1.54, 1.807) is 0 Å². The van der Waals surface area contributed by atoms with E-state index in [9.17, 15) is 0 Å². The van der Waals surface area contributed by atoms with Crippen molar-refractivity contribution in [1.29, 1.82) is 0 Å². The average molecular weight is 259 g/mol. The molecule has 0 unspecified atom stereocenters. The smallest absolute Gasteiger partial charge is 0.0213 e. The highest BCUT2D eigenvalue weighted by Gasteiger charge is 2.12. The molecule has 0 saturated heterocycles. The Kier molecular flexibility index (Phi) is 5.45. The lowest BCUT2D eigenvalue weighted by Crippen LogP contribution is -2.29. The Morgan fingerprint density at radius 3 is 2.00 bits per heavy atom. The highest BCUT2D eigenvalue weighted by molar-refractivity contribution is 5.37. The van der Waals surface area contributed by atoms with Crippen molar-refractivity contribution >= 4 is 0 Å². The fraction of sp³-hybridized carbons (Fsp3) is 0.667. The molecule has 0 spiro atoms. The van der Waals surface area contributed by atoms with E-state index < -0.39 is 0 Å². The van der Waals surface area contributed by atoms with E-state index in [2.05, 4.69) is 38.2 Å². The average Bonchev–Trinajstić information content (AvgIpc) is 2.29. The van der Waals surface area contributed by atoms with Crippen LogP contribution in [0, 0.1) is 20.8 Å². The van der Waals surface area contributed by atoms with Gasteiger partial charge in [-0.3, -0.25) is 0 Å². The van der Waals surface area contributed by atoms with Gasteiger partial charge in [0.1, 0.15) is 0 Å². The highest BCUT2D eigenvalue weighted by Crippen LogP contribution is 2.20. The van der Waals surface area contributed by atoms with Gasteiger partial charge in [-0.25, -0.2) is 0 Å². The second-order valence-corrected chi connectivity index (χ2v) is 6.30. The van der Waals surface area contributed by atoms with Crippen molar-refractivity contribution < 1.29 is 0 Å². The Hall–Kier alpha value is -0.820. The standard InChI is InChI=1S/C18H29N/c1-14-11-15(2)18(16(3)12-14)13-19-17-9-7-5-4-6-8-10-17/h11-12,17,19H,4-10,13H2,1-3H3. The number of rotatable bonds is 3. The monoisotopic (exact) mass is 259 g/mol. The lowest BCUT2D eigenvalue weighted by molar-refractivity contribution is 0.388. The zero-order valence-corrected chi connectivity index (χ0v) is 12.9. The van der Waals surface area contributed by atoms with Crippen molar-refractivity contribution in [3.63, 3.8) is 0 Å². The maximum atomic E-state index is 3.81. The number of aryl methyl sites for hydroxylation is 3. The second-order valence-electron chi connectivity index (χ2n) is 6.30. The fourth-order valence-corrected chi connectivity index (χ4v) is 3.40. The summed E-state index contributed by atoms with van der Waals surface area (Å²) in [7, 11) is 0. The molecule has 2 rings (SSSR count). The van der Waals surface area contributed by atoms with Crippen LogP contribution in [0.5, 0.6) is 0 Å². The topological polar surface area (TPSA) is 12.0 Å². The summed E-state index contributed by atoms with van der Waals surface area (Å²) in [5, 5.41) is 3.81. The minimum absolute atomic E-state index is 0.736. The van der Waals surface area contributed by atoms with Gasteiger partial charge in [0.2, 0.25) is 0 Å².